The van der Waals surface area contributed by atoms with Crippen LogP contribution in [0.25, 0.3) is 5.57 Å². The van der Waals surface area contributed by atoms with Gasteiger partial charge in [-0.15, -0.1) is 0 Å². The molecule has 0 fully saturated rings. The quantitative estimate of drug-likeness (QED) is 0.838. The number of para-hydroxylation sites is 1. The Labute approximate surface area is 151 Å². The Morgan fingerprint density at radius 3 is 2.31 bits per heavy atom. The third kappa shape index (κ3) is 2.99. The highest BCUT2D eigenvalue weighted by atomic mass is 19.1. The molecule has 1 aliphatic rings. The van der Waals surface area contributed by atoms with Gasteiger partial charge in [-0.3, -0.25) is 9.59 Å². The number of hydrogen-bond acceptors (Lipinski definition) is 4. The van der Waals surface area contributed by atoms with Gasteiger partial charge in [-0.1, -0.05) is 30.3 Å². The van der Waals surface area contributed by atoms with Crippen molar-refractivity contribution in [3.63, 3.8) is 0 Å². The molecule has 1 N–H and O–H groups in total. The van der Waals surface area contributed by atoms with Crippen LogP contribution in [0.15, 0.2) is 54.2 Å². The van der Waals surface area contributed by atoms with Crippen LogP contribution in [-0.2, 0) is 9.59 Å². The van der Waals surface area contributed by atoms with Gasteiger partial charge in [0.15, 0.2) is 0 Å². The average Bonchev–Trinajstić information content (AvgIpc) is 2.87. The van der Waals surface area contributed by atoms with Gasteiger partial charge in [0.1, 0.15) is 11.5 Å². The molecule has 6 heteroatoms. The summed E-state index contributed by atoms with van der Waals surface area (Å²) in [5.74, 6) is -1.34. The van der Waals surface area contributed by atoms with Crippen LogP contribution in [0, 0.1) is 12.7 Å². The summed E-state index contributed by atoms with van der Waals surface area (Å²) in [6.07, 6.45) is 0. The Kier molecular flexibility index (Phi) is 4.86. The number of imide groups is 1. The highest BCUT2D eigenvalue weighted by Crippen LogP contribution is 2.35. The number of aryl methyl sites for hydroxylation is 1. The van der Waals surface area contributed by atoms with E-state index in [9.17, 15) is 19.1 Å². The predicted molar refractivity (Wildman–Crippen MR) is 96.7 cm³/mol. The summed E-state index contributed by atoms with van der Waals surface area (Å²) in [5, 5.41) is 9.25. The lowest BCUT2D eigenvalue weighted by Crippen LogP contribution is -2.35. The number of aliphatic hydroxyl groups excluding tert-OH is 1. The third-order valence-electron chi connectivity index (χ3n) is 4.37. The largest absolute Gasteiger partial charge is 0.395 e. The van der Waals surface area contributed by atoms with Crippen LogP contribution in [0.5, 0.6) is 0 Å². The molecule has 0 unspecified atom stereocenters. The molecule has 0 saturated carbocycles. The van der Waals surface area contributed by atoms with E-state index in [1.54, 1.807) is 24.1 Å². The molecule has 0 saturated heterocycles. The second kappa shape index (κ2) is 7.09. The number of amides is 2. The van der Waals surface area contributed by atoms with Crippen molar-refractivity contribution in [2.24, 2.45) is 0 Å². The molecule has 0 aromatic heterocycles. The molecule has 0 spiro atoms. The molecule has 1 heterocycles. The highest BCUT2D eigenvalue weighted by Gasteiger charge is 2.42. The minimum absolute atomic E-state index is 0.164. The van der Waals surface area contributed by atoms with E-state index in [-0.39, 0.29) is 24.4 Å². The lowest BCUT2D eigenvalue weighted by molar-refractivity contribution is -0.120. The molecule has 0 aliphatic carbocycles. The van der Waals surface area contributed by atoms with Gasteiger partial charge in [0, 0.05) is 13.6 Å². The SMILES string of the molecule is Cc1ccccc1N1C(=O)C(c2ccc(F)cc2)=C(N(C)CCO)C1=O. The molecule has 5 nitrogen and oxygen atoms in total. The molecule has 0 atom stereocenters. The Hall–Kier alpha value is -2.99. The van der Waals surface area contributed by atoms with Crippen LogP contribution in [0.4, 0.5) is 10.1 Å². The number of carbonyl (C=O) groups is 2. The number of halogens is 1. The molecule has 3 rings (SSSR count). The first-order chi connectivity index (χ1) is 12.5. The van der Waals surface area contributed by atoms with Gasteiger partial charge in [-0.05, 0) is 36.2 Å². The first-order valence-corrected chi connectivity index (χ1v) is 8.22. The van der Waals surface area contributed by atoms with Crippen LogP contribution in [-0.4, -0.2) is 42.0 Å². The zero-order valence-corrected chi connectivity index (χ0v) is 14.6. The number of benzene rings is 2. The Balaban J connectivity index is 2.15. The monoisotopic (exact) mass is 354 g/mol. The molecule has 2 aromatic rings. The molecule has 134 valence electrons. The van der Waals surface area contributed by atoms with Gasteiger partial charge >= 0.3 is 0 Å². The minimum atomic E-state index is -0.462. The van der Waals surface area contributed by atoms with Crippen molar-refractivity contribution in [3.8, 4) is 0 Å². The molecule has 1 aliphatic heterocycles. The second-order valence-electron chi connectivity index (χ2n) is 6.11. The van der Waals surface area contributed by atoms with E-state index in [0.717, 1.165) is 10.5 Å². The third-order valence-corrected chi connectivity index (χ3v) is 4.37. The molecule has 2 amide bonds. The number of hydrogen-bond donors (Lipinski definition) is 1. The smallest absolute Gasteiger partial charge is 0.282 e. The molecule has 0 bridgehead atoms. The zero-order chi connectivity index (χ0) is 18.8. The maximum atomic E-state index is 13.3. The Morgan fingerprint density at radius 1 is 1.04 bits per heavy atom. The summed E-state index contributed by atoms with van der Waals surface area (Å²) in [6, 6.07) is 12.6. The van der Waals surface area contributed by atoms with E-state index < -0.39 is 17.6 Å². The van der Waals surface area contributed by atoms with E-state index in [1.807, 2.05) is 19.1 Å². The van der Waals surface area contributed by atoms with Crippen molar-refractivity contribution in [1.29, 1.82) is 0 Å². The van der Waals surface area contributed by atoms with Gasteiger partial charge in [0.05, 0.1) is 17.9 Å². The van der Waals surface area contributed by atoms with E-state index in [0.29, 0.717) is 11.3 Å². The first kappa shape index (κ1) is 17.8. The number of carbonyl (C=O) groups excluding carboxylic acids is 2. The molecular weight excluding hydrogens is 335 g/mol. The molecule has 26 heavy (non-hydrogen) atoms. The maximum Gasteiger partial charge on any atom is 0.282 e. The van der Waals surface area contributed by atoms with E-state index in [2.05, 4.69) is 0 Å². The summed E-state index contributed by atoms with van der Waals surface area (Å²) in [5.41, 5.74) is 2.15. The van der Waals surface area contributed by atoms with E-state index in [1.165, 1.54) is 24.3 Å². The lowest BCUT2D eigenvalue weighted by atomic mass is 10.0. The van der Waals surface area contributed by atoms with Gasteiger partial charge in [-0.25, -0.2) is 9.29 Å². The van der Waals surface area contributed by atoms with Crippen LogP contribution in [0.1, 0.15) is 11.1 Å². The van der Waals surface area contributed by atoms with Crippen molar-refractivity contribution >= 4 is 23.1 Å². The van der Waals surface area contributed by atoms with Gasteiger partial charge in [0.2, 0.25) is 0 Å². The van der Waals surface area contributed by atoms with Gasteiger partial charge in [0.25, 0.3) is 11.8 Å². The molecule has 0 radical (unpaired) electrons. The normalized spacial score (nSPS) is 14.4. The predicted octanol–water partition coefficient (Wildman–Crippen LogP) is 2.34. The van der Waals surface area contributed by atoms with Crippen molar-refractivity contribution in [1.82, 2.24) is 4.90 Å². The summed E-state index contributed by atoms with van der Waals surface area (Å²) in [6.45, 7) is 1.85. The Bertz CT molecular complexity index is 890. The number of anilines is 1. The summed E-state index contributed by atoms with van der Waals surface area (Å²) >= 11 is 0. The fourth-order valence-electron chi connectivity index (χ4n) is 3.04. The standard InChI is InChI=1S/C20H19FN2O3/c1-13-5-3-4-6-16(13)23-19(25)17(14-7-9-15(21)10-8-14)18(20(23)26)22(2)11-12-24/h3-10,24H,11-12H2,1-2H3. The number of rotatable bonds is 5. The van der Waals surface area contributed by atoms with Gasteiger partial charge < -0.3 is 10.0 Å². The fourth-order valence-corrected chi connectivity index (χ4v) is 3.04. The lowest BCUT2D eigenvalue weighted by Gasteiger charge is -2.21. The maximum absolute atomic E-state index is 13.3. The van der Waals surface area contributed by atoms with Crippen molar-refractivity contribution in [3.05, 3.63) is 71.2 Å². The number of aliphatic hydroxyl groups is 1. The van der Waals surface area contributed by atoms with E-state index >= 15 is 0 Å². The van der Waals surface area contributed by atoms with Crippen molar-refractivity contribution < 1.29 is 19.1 Å². The first-order valence-electron chi connectivity index (χ1n) is 8.22. The summed E-state index contributed by atoms with van der Waals surface area (Å²) in [7, 11) is 1.64. The highest BCUT2D eigenvalue weighted by molar-refractivity contribution is 6.45. The van der Waals surface area contributed by atoms with Crippen molar-refractivity contribution in [2.45, 2.75) is 6.92 Å². The minimum Gasteiger partial charge on any atom is -0.395 e. The van der Waals surface area contributed by atoms with Crippen LogP contribution < -0.4 is 4.90 Å². The Morgan fingerprint density at radius 2 is 1.69 bits per heavy atom. The van der Waals surface area contributed by atoms with Gasteiger partial charge in [-0.2, -0.15) is 0 Å². The second-order valence-corrected chi connectivity index (χ2v) is 6.11. The summed E-state index contributed by atoms with van der Waals surface area (Å²) < 4.78 is 13.3. The zero-order valence-electron chi connectivity index (χ0n) is 14.6. The summed E-state index contributed by atoms with van der Waals surface area (Å²) in [4.78, 5) is 28.9. The molecule has 2 aromatic carbocycles. The fraction of sp³-hybridized carbons (Fsp3) is 0.200. The van der Waals surface area contributed by atoms with Crippen molar-refractivity contribution in [2.75, 3.05) is 25.1 Å². The molecular formula is C20H19FN2O3. The van der Waals surface area contributed by atoms with Crippen LogP contribution in [0.3, 0.4) is 0 Å². The number of nitrogens with zero attached hydrogens (tertiary/aromatic N) is 2. The average molecular weight is 354 g/mol. The number of likely N-dealkylation sites (N-methyl/N-ethyl adjacent to an activating group) is 1. The van der Waals surface area contributed by atoms with E-state index in [4.69, 9.17) is 0 Å². The van der Waals surface area contributed by atoms with Crippen LogP contribution in [0.2, 0.25) is 0 Å². The van der Waals surface area contributed by atoms with Crippen LogP contribution >= 0.6 is 0 Å². The topological polar surface area (TPSA) is 60.9 Å².